The van der Waals surface area contributed by atoms with E-state index in [1.807, 2.05) is 0 Å². The van der Waals surface area contributed by atoms with E-state index in [0.717, 1.165) is 24.3 Å². The summed E-state index contributed by atoms with van der Waals surface area (Å²) in [5, 5.41) is 10.6. The number of anilines is 1. The Labute approximate surface area is 130 Å². The molecule has 0 amide bonds. The van der Waals surface area contributed by atoms with Crippen LogP contribution in [0.2, 0.25) is 0 Å². The van der Waals surface area contributed by atoms with Gasteiger partial charge in [-0.05, 0) is 40.2 Å². The molecule has 0 unspecified atom stereocenters. The normalized spacial score (nSPS) is 11.3. The number of nitrogen functional groups attached to an aromatic ring is 1. The van der Waals surface area contributed by atoms with Gasteiger partial charge in [0.15, 0.2) is 5.75 Å². The van der Waals surface area contributed by atoms with E-state index in [4.69, 9.17) is 10.5 Å². The lowest BCUT2D eigenvalue weighted by Crippen LogP contribution is -2.05. The fourth-order valence-electron chi connectivity index (χ4n) is 1.62. The van der Waals surface area contributed by atoms with Crippen LogP contribution in [-0.4, -0.2) is 4.92 Å². The lowest BCUT2D eigenvalue weighted by Gasteiger charge is -2.13. The molecule has 0 spiro atoms. The van der Waals surface area contributed by atoms with Crippen molar-refractivity contribution in [1.29, 1.82) is 0 Å². The van der Waals surface area contributed by atoms with Gasteiger partial charge in [0.1, 0.15) is 5.75 Å². The summed E-state index contributed by atoms with van der Waals surface area (Å²) in [4.78, 5) is 9.97. The van der Waals surface area contributed by atoms with Crippen molar-refractivity contribution in [2.75, 3.05) is 5.73 Å². The minimum absolute atomic E-state index is 0.0191. The largest absolute Gasteiger partial charge is 0.454 e. The van der Waals surface area contributed by atoms with Crippen molar-refractivity contribution in [2.24, 2.45) is 0 Å². The van der Waals surface area contributed by atoms with Crippen LogP contribution in [0.5, 0.6) is 11.5 Å². The van der Waals surface area contributed by atoms with Crippen LogP contribution in [0.25, 0.3) is 0 Å². The maximum absolute atomic E-state index is 12.7. The third-order valence-corrected chi connectivity index (χ3v) is 3.34. The highest BCUT2D eigenvalue weighted by Crippen LogP contribution is 2.38. The first-order valence-corrected chi connectivity index (χ1v) is 6.56. The molecule has 2 aromatic carbocycles. The summed E-state index contributed by atoms with van der Waals surface area (Å²) >= 11 is 3.08. The Morgan fingerprint density at radius 2 is 1.82 bits per heavy atom. The van der Waals surface area contributed by atoms with Gasteiger partial charge in [-0.25, -0.2) is 0 Å². The van der Waals surface area contributed by atoms with Crippen LogP contribution in [0.15, 0.2) is 40.9 Å². The maximum atomic E-state index is 12.7. The van der Waals surface area contributed by atoms with Crippen molar-refractivity contribution in [3.05, 3.63) is 56.5 Å². The summed E-state index contributed by atoms with van der Waals surface area (Å²) < 4.78 is 43.7. The van der Waals surface area contributed by atoms with Crippen molar-refractivity contribution >= 4 is 27.3 Å². The molecule has 0 heterocycles. The van der Waals surface area contributed by atoms with E-state index in [0.29, 0.717) is 4.47 Å². The van der Waals surface area contributed by atoms with E-state index in [2.05, 4.69) is 15.9 Å². The zero-order valence-electron chi connectivity index (χ0n) is 10.7. The first-order chi connectivity index (χ1) is 10.2. The van der Waals surface area contributed by atoms with Crippen molar-refractivity contribution in [1.82, 2.24) is 0 Å². The van der Waals surface area contributed by atoms with E-state index >= 15 is 0 Å². The number of ether oxygens (including phenoxy) is 1. The Hall–Kier alpha value is -2.29. The van der Waals surface area contributed by atoms with Gasteiger partial charge >= 0.3 is 6.18 Å². The molecule has 0 aliphatic heterocycles. The Bertz CT molecular complexity index is 735. The van der Waals surface area contributed by atoms with Crippen LogP contribution >= 0.6 is 15.9 Å². The molecule has 2 rings (SSSR count). The molecule has 22 heavy (non-hydrogen) atoms. The van der Waals surface area contributed by atoms with Crippen molar-refractivity contribution in [2.45, 2.75) is 6.18 Å². The molecule has 0 aliphatic rings. The highest BCUT2D eigenvalue weighted by Gasteiger charge is 2.31. The number of nitro benzene ring substituents is 1. The van der Waals surface area contributed by atoms with Gasteiger partial charge in [-0.1, -0.05) is 0 Å². The second-order valence-electron chi connectivity index (χ2n) is 4.22. The zero-order valence-corrected chi connectivity index (χ0v) is 12.3. The molecule has 0 aliphatic carbocycles. The van der Waals surface area contributed by atoms with Crippen molar-refractivity contribution < 1.29 is 22.8 Å². The molecule has 2 aromatic rings. The number of alkyl halides is 3. The number of rotatable bonds is 3. The molecule has 9 heteroatoms. The molecule has 0 bridgehead atoms. The second kappa shape index (κ2) is 5.84. The monoisotopic (exact) mass is 376 g/mol. The third-order valence-electron chi connectivity index (χ3n) is 2.68. The van der Waals surface area contributed by atoms with E-state index in [9.17, 15) is 23.3 Å². The molecular weight excluding hydrogens is 369 g/mol. The smallest absolute Gasteiger partial charge is 0.416 e. The summed E-state index contributed by atoms with van der Waals surface area (Å²) in [6.07, 6.45) is -4.51. The van der Waals surface area contributed by atoms with Crippen LogP contribution in [0, 0.1) is 10.1 Å². The first-order valence-electron chi connectivity index (χ1n) is 5.77. The highest BCUT2D eigenvalue weighted by molar-refractivity contribution is 9.10. The van der Waals surface area contributed by atoms with Gasteiger partial charge in [0.25, 0.3) is 5.69 Å². The summed E-state index contributed by atoms with van der Waals surface area (Å²) in [5.74, 6) is -0.0824. The molecule has 5 nitrogen and oxygen atoms in total. The fourth-order valence-corrected chi connectivity index (χ4v) is 1.95. The summed E-state index contributed by atoms with van der Waals surface area (Å²) in [7, 11) is 0. The number of hydrogen-bond donors (Lipinski definition) is 1. The Morgan fingerprint density at radius 3 is 2.36 bits per heavy atom. The number of halogens is 4. The quantitative estimate of drug-likeness (QED) is 0.476. The summed E-state index contributed by atoms with van der Waals surface area (Å²) in [6, 6.07) is 6.34. The molecule has 0 atom stereocenters. The Kier molecular flexibility index (Phi) is 4.27. The minimum atomic E-state index is -4.51. The second-order valence-corrected chi connectivity index (χ2v) is 5.08. The standard InChI is InChI=1S/C13H8BrF3N2O3/c14-9-3-1-7(13(15,16)17)5-12(9)22-11-4-2-8(19(20)21)6-10(11)18/h1-6H,18H2. The highest BCUT2D eigenvalue weighted by atomic mass is 79.9. The molecular formula is C13H8BrF3N2O3. The van der Waals surface area contributed by atoms with Crippen LogP contribution in [0.1, 0.15) is 5.56 Å². The minimum Gasteiger partial charge on any atom is -0.454 e. The molecule has 0 fully saturated rings. The number of nitrogens with two attached hydrogens (primary N) is 1. The predicted octanol–water partition coefficient (Wildman–Crippen LogP) is 4.75. The van der Waals surface area contributed by atoms with Crippen LogP contribution in [-0.2, 0) is 6.18 Å². The molecule has 0 aromatic heterocycles. The summed E-state index contributed by atoms with van der Waals surface area (Å²) in [6.45, 7) is 0. The Balaban J connectivity index is 2.37. The topological polar surface area (TPSA) is 78.4 Å². The summed E-state index contributed by atoms with van der Waals surface area (Å²) in [5.41, 5.74) is 4.43. The number of benzene rings is 2. The lowest BCUT2D eigenvalue weighted by atomic mass is 10.2. The SMILES string of the molecule is Nc1cc([N+](=O)[O-])ccc1Oc1cc(C(F)(F)F)ccc1Br. The lowest BCUT2D eigenvalue weighted by molar-refractivity contribution is -0.384. The van der Waals surface area contributed by atoms with E-state index in [-0.39, 0.29) is 22.9 Å². The van der Waals surface area contributed by atoms with Gasteiger partial charge in [0.05, 0.1) is 20.6 Å². The first kappa shape index (κ1) is 16.1. The predicted molar refractivity (Wildman–Crippen MR) is 76.7 cm³/mol. The van der Waals surface area contributed by atoms with Crippen molar-refractivity contribution in [3.63, 3.8) is 0 Å². The zero-order chi connectivity index (χ0) is 16.5. The third kappa shape index (κ3) is 3.48. The Morgan fingerprint density at radius 1 is 1.14 bits per heavy atom. The molecule has 0 saturated heterocycles. The van der Waals surface area contributed by atoms with Gasteiger partial charge in [-0.2, -0.15) is 13.2 Å². The average molecular weight is 377 g/mol. The number of nitro groups is 1. The maximum Gasteiger partial charge on any atom is 0.416 e. The van der Waals surface area contributed by atoms with Crippen molar-refractivity contribution in [3.8, 4) is 11.5 Å². The number of non-ortho nitro benzene ring substituents is 1. The van der Waals surface area contributed by atoms with Gasteiger partial charge in [0.2, 0.25) is 0 Å². The molecule has 116 valence electrons. The molecule has 0 saturated carbocycles. The average Bonchev–Trinajstić information content (AvgIpc) is 2.41. The van der Waals surface area contributed by atoms with E-state index in [1.54, 1.807) is 0 Å². The van der Waals surface area contributed by atoms with Gasteiger partial charge in [0, 0.05) is 12.1 Å². The number of hydrogen-bond acceptors (Lipinski definition) is 4. The van der Waals surface area contributed by atoms with E-state index in [1.165, 1.54) is 12.1 Å². The van der Waals surface area contributed by atoms with Crippen LogP contribution < -0.4 is 10.5 Å². The van der Waals surface area contributed by atoms with Crippen LogP contribution in [0.3, 0.4) is 0 Å². The van der Waals surface area contributed by atoms with Gasteiger partial charge < -0.3 is 10.5 Å². The van der Waals surface area contributed by atoms with Gasteiger partial charge in [-0.3, -0.25) is 10.1 Å². The fraction of sp³-hybridized carbons (Fsp3) is 0.0769. The number of nitrogens with zero attached hydrogens (tertiary/aromatic N) is 1. The molecule has 0 radical (unpaired) electrons. The van der Waals surface area contributed by atoms with Crippen LogP contribution in [0.4, 0.5) is 24.5 Å². The molecule has 2 N–H and O–H groups in total. The van der Waals surface area contributed by atoms with E-state index < -0.39 is 16.7 Å². The van der Waals surface area contributed by atoms with Gasteiger partial charge in [-0.15, -0.1) is 0 Å².